The van der Waals surface area contributed by atoms with Gasteiger partial charge in [0.25, 0.3) is 5.82 Å². The van der Waals surface area contributed by atoms with Crippen molar-refractivity contribution in [3.63, 3.8) is 0 Å². The van der Waals surface area contributed by atoms with Crippen LogP contribution in [0.2, 0.25) is 0 Å². The highest BCUT2D eigenvalue weighted by molar-refractivity contribution is 7.10. The van der Waals surface area contributed by atoms with Crippen LogP contribution in [-0.4, -0.2) is 39.5 Å². The Bertz CT molecular complexity index is 848. The molecule has 1 aliphatic heterocycles. The molecule has 0 N–H and O–H groups in total. The second kappa shape index (κ2) is 5.71. The van der Waals surface area contributed by atoms with Gasteiger partial charge in [-0.1, -0.05) is 6.07 Å². The number of hydrogen-bond donors (Lipinski definition) is 0. The average molecular weight is 355 g/mol. The van der Waals surface area contributed by atoms with Crippen molar-refractivity contribution >= 4 is 22.8 Å². The topological polar surface area (TPSA) is 55.5 Å². The third kappa shape index (κ3) is 2.71. The standard InChI is InChI=1S/C14H12F3N5OS/c15-14(16,17)13-19-18-11-3-4-12(20-22(11)13)21-5-6-23-9(8-21)10-2-1-7-24-10/h1-4,7,9H,5-6,8H2. The van der Waals surface area contributed by atoms with E-state index in [2.05, 4.69) is 15.3 Å². The van der Waals surface area contributed by atoms with Crippen molar-refractivity contribution in [3.05, 3.63) is 40.3 Å². The van der Waals surface area contributed by atoms with Crippen molar-refractivity contribution < 1.29 is 17.9 Å². The SMILES string of the molecule is FC(F)(F)c1nnc2ccc(N3CCOC(c4cccs4)C3)nn12. The van der Waals surface area contributed by atoms with Crippen molar-refractivity contribution in [3.8, 4) is 0 Å². The fourth-order valence-electron chi connectivity index (χ4n) is 2.63. The maximum atomic E-state index is 13.0. The Morgan fingerprint density at radius 1 is 1.21 bits per heavy atom. The Morgan fingerprint density at radius 3 is 2.83 bits per heavy atom. The molecule has 3 aromatic heterocycles. The maximum absolute atomic E-state index is 13.0. The summed E-state index contributed by atoms with van der Waals surface area (Å²) < 4.78 is 45.4. The molecule has 1 aliphatic rings. The molecule has 0 radical (unpaired) electrons. The van der Waals surface area contributed by atoms with E-state index in [1.165, 1.54) is 6.07 Å². The first-order valence-electron chi connectivity index (χ1n) is 7.22. The zero-order valence-electron chi connectivity index (χ0n) is 12.3. The van der Waals surface area contributed by atoms with Crippen LogP contribution in [0.15, 0.2) is 29.6 Å². The van der Waals surface area contributed by atoms with Crippen molar-refractivity contribution in [2.24, 2.45) is 0 Å². The molecule has 0 amide bonds. The lowest BCUT2D eigenvalue weighted by atomic mass is 10.2. The van der Waals surface area contributed by atoms with Gasteiger partial charge in [-0.25, -0.2) is 0 Å². The molecule has 1 atom stereocenters. The highest BCUT2D eigenvalue weighted by Crippen LogP contribution is 2.30. The van der Waals surface area contributed by atoms with E-state index >= 15 is 0 Å². The summed E-state index contributed by atoms with van der Waals surface area (Å²) in [4.78, 5) is 2.99. The highest BCUT2D eigenvalue weighted by Gasteiger charge is 2.38. The Morgan fingerprint density at radius 2 is 2.08 bits per heavy atom. The number of hydrogen-bond acceptors (Lipinski definition) is 6. The number of anilines is 1. The van der Waals surface area contributed by atoms with Crippen LogP contribution in [0.5, 0.6) is 0 Å². The molecule has 4 heterocycles. The van der Waals surface area contributed by atoms with Crippen LogP contribution in [-0.2, 0) is 10.9 Å². The summed E-state index contributed by atoms with van der Waals surface area (Å²) in [7, 11) is 0. The monoisotopic (exact) mass is 355 g/mol. The van der Waals surface area contributed by atoms with Crippen LogP contribution in [0.3, 0.4) is 0 Å². The molecule has 4 rings (SSSR count). The number of nitrogens with zero attached hydrogens (tertiary/aromatic N) is 5. The lowest BCUT2D eigenvalue weighted by Gasteiger charge is -2.33. The largest absolute Gasteiger partial charge is 0.453 e. The van der Waals surface area contributed by atoms with Gasteiger partial charge in [0.05, 0.1) is 13.2 Å². The molecular formula is C14H12F3N5OS. The van der Waals surface area contributed by atoms with Gasteiger partial charge in [-0.05, 0) is 23.6 Å². The first-order chi connectivity index (χ1) is 11.5. The van der Waals surface area contributed by atoms with Crippen LogP contribution >= 0.6 is 11.3 Å². The van der Waals surface area contributed by atoms with Crippen molar-refractivity contribution in [1.82, 2.24) is 19.8 Å². The van der Waals surface area contributed by atoms with E-state index in [1.54, 1.807) is 17.4 Å². The van der Waals surface area contributed by atoms with Crippen molar-refractivity contribution in [2.45, 2.75) is 12.3 Å². The van der Waals surface area contributed by atoms with Gasteiger partial charge < -0.3 is 9.64 Å². The smallest absolute Gasteiger partial charge is 0.369 e. The van der Waals surface area contributed by atoms with Gasteiger partial charge in [-0.2, -0.15) is 17.7 Å². The molecule has 0 spiro atoms. The Kier molecular flexibility index (Phi) is 3.65. The molecule has 0 aliphatic carbocycles. The molecule has 0 aromatic carbocycles. The number of thiophene rings is 1. The Balaban J connectivity index is 1.66. The molecule has 0 saturated carbocycles. The van der Waals surface area contributed by atoms with Gasteiger partial charge in [-0.15, -0.1) is 26.6 Å². The van der Waals surface area contributed by atoms with Gasteiger partial charge in [-0.3, -0.25) is 0 Å². The van der Waals surface area contributed by atoms with Crippen molar-refractivity contribution in [1.29, 1.82) is 0 Å². The molecule has 6 nitrogen and oxygen atoms in total. The Hall–Kier alpha value is -2.20. The second-order valence-corrected chi connectivity index (χ2v) is 6.28. The summed E-state index contributed by atoms with van der Waals surface area (Å²) in [6, 6.07) is 7.07. The van der Waals surface area contributed by atoms with Crippen LogP contribution in [0, 0.1) is 0 Å². The molecule has 3 aromatic rings. The lowest BCUT2D eigenvalue weighted by molar-refractivity contribution is -0.146. The van der Waals surface area contributed by atoms with Gasteiger partial charge in [0.2, 0.25) is 0 Å². The van der Waals surface area contributed by atoms with E-state index in [0.717, 1.165) is 9.39 Å². The fraction of sp³-hybridized carbons (Fsp3) is 0.357. The van der Waals surface area contributed by atoms with E-state index < -0.39 is 12.0 Å². The van der Waals surface area contributed by atoms with Gasteiger partial charge in [0.15, 0.2) is 5.65 Å². The number of morpholine rings is 1. The summed E-state index contributed by atoms with van der Waals surface area (Å²) in [6.45, 7) is 1.57. The predicted octanol–water partition coefficient (Wildman–Crippen LogP) is 2.78. The van der Waals surface area contributed by atoms with Gasteiger partial charge in [0.1, 0.15) is 11.9 Å². The number of rotatable bonds is 2. The molecule has 1 unspecified atom stereocenters. The normalized spacial score (nSPS) is 19.1. The van der Waals surface area contributed by atoms with E-state index in [4.69, 9.17) is 4.74 Å². The third-order valence-corrected chi connectivity index (χ3v) is 4.72. The highest BCUT2D eigenvalue weighted by atomic mass is 32.1. The maximum Gasteiger partial charge on any atom is 0.453 e. The number of aromatic nitrogens is 4. The van der Waals surface area contributed by atoms with Crippen LogP contribution < -0.4 is 4.90 Å². The summed E-state index contributed by atoms with van der Waals surface area (Å²) >= 11 is 1.59. The van der Waals surface area contributed by atoms with E-state index in [-0.39, 0.29) is 11.8 Å². The summed E-state index contributed by atoms with van der Waals surface area (Å²) in [5.41, 5.74) is 0.0640. The van der Waals surface area contributed by atoms with Gasteiger partial charge in [0, 0.05) is 11.4 Å². The fourth-order valence-corrected chi connectivity index (χ4v) is 3.39. The molecule has 1 saturated heterocycles. The minimum absolute atomic E-state index is 0.0640. The zero-order valence-corrected chi connectivity index (χ0v) is 13.1. The van der Waals surface area contributed by atoms with E-state index in [1.807, 2.05) is 22.4 Å². The minimum Gasteiger partial charge on any atom is -0.369 e. The molecule has 24 heavy (non-hydrogen) atoms. The predicted molar refractivity (Wildman–Crippen MR) is 81.0 cm³/mol. The van der Waals surface area contributed by atoms with E-state index in [9.17, 15) is 13.2 Å². The number of fused-ring (bicyclic) bond motifs is 1. The second-order valence-electron chi connectivity index (χ2n) is 5.30. The van der Waals surface area contributed by atoms with Crippen LogP contribution in [0.4, 0.5) is 19.0 Å². The minimum atomic E-state index is -4.60. The Labute approximate surface area is 138 Å². The molecule has 10 heteroatoms. The molecular weight excluding hydrogens is 343 g/mol. The van der Waals surface area contributed by atoms with Crippen molar-refractivity contribution in [2.75, 3.05) is 24.6 Å². The summed E-state index contributed by atoms with van der Waals surface area (Å²) in [6.07, 6.45) is -4.71. The number of halogens is 3. The molecule has 126 valence electrons. The summed E-state index contributed by atoms with van der Waals surface area (Å²) in [5, 5.41) is 12.8. The molecule has 1 fully saturated rings. The average Bonchev–Trinajstić information content (AvgIpc) is 3.23. The van der Waals surface area contributed by atoms with E-state index in [0.29, 0.717) is 25.5 Å². The number of ether oxygens (including phenoxy) is 1. The quantitative estimate of drug-likeness (QED) is 0.708. The third-order valence-electron chi connectivity index (χ3n) is 3.75. The summed E-state index contributed by atoms with van der Waals surface area (Å²) in [5.74, 6) is -0.680. The molecule has 0 bridgehead atoms. The van der Waals surface area contributed by atoms with Gasteiger partial charge >= 0.3 is 6.18 Å². The zero-order chi connectivity index (χ0) is 16.7. The number of alkyl halides is 3. The first kappa shape index (κ1) is 15.3. The van der Waals surface area contributed by atoms with Crippen LogP contribution in [0.25, 0.3) is 5.65 Å². The first-order valence-corrected chi connectivity index (χ1v) is 8.10. The van der Waals surface area contributed by atoms with Crippen LogP contribution in [0.1, 0.15) is 16.8 Å². The lowest BCUT2D eigenvalue weighted by Crippen LogP contribution is -2.38.